The zero-order chi connectivity index (χ0) is 14.8. The first-order valence-corrected chi connectivity index (χ1v) is 7.50. The molecule has 3 aromatic rings. The summed E-state index contributed by atoms with van der Waals surface area (Å²) < 4.78 is 0. The van der Waals surface area contributed by atoms with Crippen LogP contribution in [0.5, 0.6) is 0 Å². The van der Waals surface area contributed by atoms with Gasteiger partial charge in [0.2, 0.25) is 0 Å². The van der Waals surface area contributed by atoms with Crippen molar-refractivity contribution in [3.8, 4) is 0 Å². The van der Waals surface area contributed by atoms with Gasteiger partial charge in [-0.05, 0) is 34.5 Å². The van der Waals surface area contributed by atoms with E-state index in [0.717, 1.165) is 10.9 Å². The molecule has 1 unspecified atom stereocenters. The van der Waals surface area contributed by atoms with Crippen molar-refractivity contribution in [2.75, 3.05) is 0 Å². The van der Waals surface area contributed by atoms with Gasteiger partial charge in [0, 0.05) is 22.0 Å². The summed E-state index contributed by atoms with van der Waals surface area (Å²) in [4.78, 5) is 0. The number of rotatable bonds is 3. The number of benzene rings is 3. The Balaban J connectivity index is 1.96. The summed E-state index contributed by atoms with van der Waals surface area (Å²) in [5.41, 5.74) is 1.76. The first-order chi connectivity index (χ1) is 10.1. The topological polar surface area (TPSA) is 20.2 Å². The van der Waals surface area contributed by atoms with Crippen molar-refractivity contribution >= 4 is 34.0 Å². The molecule has 0 aliphatic heterocycles. The van der Waals surface area contributed by atoms with Crippen molar-refractivity contribution in [2.24, 2.45) is 0 Å². The van der Waals surface area contributed by atoms with Crippen LogP contribution in [0, 0.1) is 0 Å². The van der Waals surface area contributed by atoms with Crippen LogP contribution in [-0.4, -0.2) is 5.11 Å². The van der Waals surface area contributed by atoms with E-state index in [4.69, 9.17) is 23.2 Å². The second-order valence-corrected chi connectivity index (χ2v) is 5.87. The Morgan fingerprint density at radius 3 is 2.52 bits per heavy atom. The van der Waals surface area contributed by atoms with Gasteiger partial charge in [-0.3, -0.25) is 0 Å². The fourth-order valence-electron chi connectivity index (χ4n) is 2.56. The fourth-order valence-corrected chi connectivity index (χ4v) is 2.98. The number of aliphatic hydroxyl groups is 1. The van der Waals surface area contributed by atoms with Gasteiger partial charge in [0.05, 0.1) is 6.10 Å². The Morgan fingerprint density at radius 1 is 0.905 bits per heavy atom. The van der Waals surface area contributed by atoms with Gasteiger partial charge < -0.3 is 5.11 Å². The number of hydrogen-bond donors (Lipinski definition) is 1. The smallest absolute Gasteiger partial charge is 0.0845 e. The van der Waals surface area contributed by atoms with Gasteiger partial charge in [-0.1, -0.05) is 65.7 Å². The van der Waals surface area contributed by atoms with Gasteiger partial charge in [0.25, 0.3) is 0 Å². The van der Waals surface area contributed by atoms with Crippen LogP contribution in [0.25, 0.3) is 10.8 Å². The molecule has 0 aliphatic carbocycles. The predicted octanol–water partition coefficient (Wildman–Crippen LogP) is 5.42. The van der Waals surface area contributed by atoms with Crippen LogP contribution in [0.4, 0.5) is 0 Å². The maximum absolute atomic E-state index is 10.5. The lowest BCUT2D eigenvalue weighted by Gasteiger charge is -2.15. The maximum Gasteiger partial charge on any atom is 0.0845 e. The Bertz CT molecular complexity index is 778. The highest BCUT2D eigenvalue weighted by Crippen LogP contribution is 2.30. The van der Waals surface area contributed by atoms with Crippen molar-refractivity contribution in [1.29, 1.82) is 0 Å². The zero-order valence-electron chi connectivity index (χ0n) is 11.3. The van der Waals surface area contributed by atoms with Crippen LogP contribution >= 0.6 is 23.2 Å². The molecule has 1 nitrogen and oxygen atoms in total. The molecule has 21 heavy (non-hydrogen) atoms. The molecule has 0 spiro atoms. The Morgan fingerprint density at radius 2 is 1.67 bits per heavy atom. The summed E-state index contributed by atoms with van der Waals surface area (Å²) in [5, 5.41) is 13.9. The molecule has 0 aromatic heterocycles. The van der Waals surface area contributed by atoms with Crippen LogP contribution in [0.2, 0.25) is 10.0 Å². The summed E-state index contributed by atoms with van der Waals surface area (Å²) >= 11 is 12.1. The molecule has 0 radical (unpaired) electrons. The van der Waals surface area contributed by atoms with Crippen LogP contribution in [0.1, 0.15) is 17.2 Å². The first-order valence-electron chi connectivity index (χ1n) is 6.75. The lowest BCUT2D eigenvalue weighted by Crippen LogP contribution is -2.03. The van der Waals surface area contributed by atoms with Crippen molar-refractivity contribution in [3.05, 3.63) is 81.8 Å². The normalized spacial score (nSPS) is 12.5. The highest BCUT2D eigenvalue weighted by molar-refractivity contribution is 6.33. The summed E-state index contributed by atoms with van der Waals surface area (Å²) in [6.07, 6.45) is -0.177. The molecule has 0 bridgehead atoms. The van der Waals surface area contributed by atoms with Crippen molar-refractivity contribution in [1.82, 2.24) is 0 Å². The van der Waals surface area contributed by atoms with E-state index in [1.807, 2.05) is 24.3 Å². The Kier molecular flexibility index (Phi) is 4.16. The van der Waals surface area contributed by atoms with Gasteiger partial charge in [-0.25, -0.2) is 0 Å². The third kappa shape index (κ3) is 3.06. The predicted molar refractivity (Wildman–Crippen MR) is 89.1 cm³/mol. The van der Waals surface area contributed by atoms with E-state index in [-0.39, 0.29) is 0 Å². The van der Waals surface area contributed by atoms with Crippen LogP contribution in [0.3, 0.4) is 0 Å². The van der Waals surface area contributed by atoms with E-state index in [0.29, 0.717) is 22.0 Å². The molecule has 0 heterocycles. The molecule has 0 aliphatic rings. The minimum Gasteiger partial charge on any atom is -0.388 e. The Hall–Kier alpha value is -1.54. The lowest BCUT2D eigenvalue weighted by atomic mass is 9.97. The van der Waals surface area contributed by atoms with Crippen molar-refractivity contribution in [2.45, 2.75) is 12.5 Å². The van der Waals surface area contributed by atoms with E-state index in [2.05, 4.69) is 18.2 Å². The van der Waals surface area contributed by atoms with Gasteiger partial charge in [-0.2, -0.15) is 0 Å². The van der Waals surface area contributed by atoms with E-state index in [1.54, 1.807) is 18.2 Å². The highest BCUT2D eigenvalue weighted by Gasteiger charge is 2.14. The third-order valence-electron chi connectivity index (χ3n) is 3.61. The van der Waals surface area contributed by atoms with E-state index in [9.17, 15) is 5.11 Å². The second kappa shape index (κ2) is 6.07. The summed E-state index contributed by atoms with van der Waals surface area (Å²) in [6, 6.07) is 19.4. The van der Waals surface area contributed by atoms with Crippen LogP contribution < -0.4 is 0 Å². The standard InChI is InChI=1S/C18H14Cl2O/c19-14-8-9-17(20)16(11-14)18(21)10-13-6-3-5-12-4-1-2-7-15(12)13/h1-9,11,18,21H,10H2. The molecule has 1 N–H and O–H groups in total. The molecule has 1 atom stereocenters. The Labute approximate surface area is 133 Å². The van der Waals surface area contributed by atoms with E-state index < -0.39 is 6.10 Å². The summed E-state index contributed by atoms with van der Waals surface area (Å²) in [7, 11) is 0. The van der Waals surface area contributed by atoms with Gasteiger partial charge >= 0.3 is 0 Å². The fraction of sp³-hybridized carbons (Fsp3) is 0.111. The van der Waals surface area contributed by atoms with Gasteiger partial charge in [0.1, 0.15) is 0 Å². The summed E-state index contributed by atoms with van der Waals surface area (Å²) in [6.45, 7) is 0. The van der Waals surface area contributed by atoms with E-state index in [1.165, 1.54) is 5.39 Å². The first kappa shape index (κ1) is 14.4. The molecule has 0 saturated heterocycles. The zero-order valence-corrected chi connectivity index (χ0v) is 12.8. The molecular formula is C18H14Cl2O. The average Bonchev–Trinajstić information content (AvgIpc) is 2.50. The molecule has 0 fully saturated rings. The van der Waals surface area contributed by atoms with E-state index >= 15 is 0 Å². The quantitative estimate of drug-likeness (QED) is 0.683. The molecule has 0 amide bonds. The van der Waals surface area contributed by atoms with Gasteiger partial charge in [-0.15, -0.1) is 0 Å². The lowest BCUT2D eigenvalue weighted by molar-refractivity contribution is 0.179. The minimum atomic E-state index is -0.679. The van der Waals surface area contributed by atoms with Crippen molar-refractivity contribution in [3.63, 3.8) is 0 Å². The second-order valence-electron chi connectivity index (χ2n) is 5.02. The highest BCUT2D eigenvalue weighted by atomic mass is 35.5. The number of hydrogen-bond acceptors (Lipinski definition) is 1. The molecule has 0 saturated carbocycles. The number of halogens is 2. The SMILES string of the molecule is OC(Cc1cccc2ccccc12)c1cc(Cl)ccc1Cl. The third-order valence-corrected chi connectivity index (χ3v) is 4.19. The molecule has 3 heteroatoms. The molecular weight excluding hydrogens is 303 g/mol. The molecule has 106 valence electrons. The largest absolute Gasteiger partial charge is 0.388 e. The van der Waals surface area contributed by atoms with Crippen LogP contribution in [-0.2, 0) is 6.42 Å². The maximum atomic E-state index is 10.5. The molecule has 3 rings (SSSR count). The number of fused-ring (bicyclic) bond motifs is 1. The monoisotopic (exact) mass is 316 g/mol. The van der Waals surface area contributed by atoms with Crippen LogP contribution in [0.15, 0.2) is 60.7 Å². The summed E-state index contributed by atoms with van der Waals surface area (Å²) in [5.74, 6) is 0. The average molecular weight is 317 g/mol. The number of aliphatic hydroxyl groups excluding tert-OH is 1. The minimum absolute atomic E-state index is 0.501. The van der Waals surface area contributed by atoms with Crippen molar-refractivity contribution < 1.29 is 5.11 Å². The molecule has 3 aromatic carbocycles. The van der Waals surface area contributed by atoms with Gasteiger partial charge in [0.15, 0.2) is 0 Å².